The van der Waals surface area contributed by atoms with E-state index in [-0.39, 0.29) is 11.7 Å². The largest absolute Gasteiger partial charge is 0.378 e. The summed E-state index contributed by atoms with van der Waals surface area (Å²) in [6.45, 7) is 4.24. The van der Waals surface area contributed by atoms with E-state index >= 15 is 0 Å². The lowest BCUT2D eigenvalue weighted by Gasteiger charge is -2.17. The summed E-state index contributed by atoms with van der Waals surface area (Å²) in [5.41, 5.74) is 4.99. The number of aryl methyl sites for hydroxylation is 1. The molecular formula is C16H17N3O. The number of fused-ring (bicyclic) bond motifs is 1. The highest BCUT2D eigenvalue weighted by Crippen LogP contribution is 2.23. The van der Waals surface area contributed by atoms with Gasteiger partial charge < -0.3 is 15.3 Å². The molecule has 2 aromatic carbocycles. The zero-order valence-corrected chi connectivity index (χ0v) is 11.5. The van der Waals surface area contributed by atoms with Crippen LogP contribution in [0.5, 0.6) is 0 Å². The molecule has 0 bridgehead atoms. The Labute approximate surface area is 116 Å². The van der Waals surface area contributed by atoms with Crippen molar-refractivity contribution in [3.8, 4) is 0 Å². The highest BCUT2D eigenvalue weighted by Gasteiger charge is 2.08. The molecule has 20 heavy (non-hydrogen) atoms. The third-order valence-electron chi connectivity index (χ3n) is 3.55. The first-order chi connectivity index (χ1) is 9.63. The van der Waals surface area contributed by atoms with Crippen molar-refractivity contribution in [3.05, 3.63) is 64.1 Å². The van der Waals surface area contributed by atoms with Gasteiger partial charge in [0.15, 0.2) is 0 Å². The van der Waals surface area contributed by atoms with Crippen LogP contribution in [0, 0.1) is 6.92 Å². The van der Waals surface area contributed by atoms with Gasteiger partial charge in [-0.15, -0.1) is 0 Å². The third-order valence-corrected chi connectivity index (χ3v) is 3.55. The first kappa shape index (κ1) is 12.5. The summed E-state index contributed by atoms with van der Waals surface area (Å²) in [5.74, 6) is 0. The smallest absolute Gasteiger partial charge is 0.323 e. The molecule has 4 nitrogen and oxygen atoms in total. The van der Waals surface area contributed by atoms with E-state index in [1.165, 1.54) is 11.1 Å². The summed E-state index contributed by atoms with van der Waals surface area (Å²) in [6.07, 6.45) is 0. The molecule has 0 spiro atoms. The molecule has 0 fully saturated rings. The Hall–Kier alpha value is -2.49. The number of hydrogen-bond acceptors (Lipinski definition) is 2. The predicted molar refractivity (Wildman–Crippen MR) is 82.1 cm³/mol. The van der Waals surface area contributed by atoms with E-state index in [9.17, 15) is 4.79 Å². The van der Waals surface area contributed by atoms with Crippen molar-refractivity contribution in [2.24, 2.45) is 0 Å². The van der Waals surface area contributed by atoms with Gasteiger partial charge in [-0.3, -0.25) is 0 Å². The summed E-state index contributed by atoms with van der Waals surface area (Å²) in [7, 11) is 0. The van der Waals surface area contributed by atoms with Crippen LogP contribution in [0.4, 0.5) is 5.69 Å². The van der Waals surface area contributed by atoms with E-state index in [4.69, 9.17) is 0 Å². The van der Waals surface area contributed by atoms with Crippen LogP contribution in [-0.4, -0.2) is 9.97 Å². The molecule has 1 atom stereocenters. The highest BCUT2D eigenvalue weighted by atomic mass is 16.1. The summed E-state index contributed by atoms with van der Waals surface area (Å²) < 4.78 is 0. The van der Waals surface area contributed by atoms with Crippen LogP contribution >= 0.6 is 0 Å². The molecule has 4 heteroatoms. The second-order valence-electron chi connectivity index (χ2n) is 5.06. The maximum Gasteiger partial charge on any atom is 0.323 e. The van der Waals surface area contributed by atoms with Gasteiger partial charge >= 0.3 is 5.69 Å². The van der Waals surface area contributed by atoms with Crippen LogP contribution in [0.15, 0.2) is 47.3 Å². The van der Waals surface area contributed by atoms with Gasteiger partial charge in [-0.2, -0.15) is 0 Å². The molecule has 1 heterocycles. The Morgan fingerprint density at radius 1 is 1.05 bits per heavy atom. The van der Waals surface area contributed by atoms with E-state index in [2.05, 4.69) is 41.3 Å². The zero-order valence-electron chi connectivity index (χ0n) is 11.5. The van der Waals surface area contributed by atoms with E-state index in [1.54, 1.807) is 0 Å². The van der Waals surface area contributed by atoms with Crippen LogP contribution in [0.3, 0.4) is 0 Å². The van der Waals surface area contributed by atoms with Crippen molar-refractivity contribution in [3.63, 3.8) is 0 Å². The SMILES string of the molecule is Cc1ccccc1C(C)Nc1ccc2[nH]c(=O)[nH]c2c1. The molecule has 0 aliphatic carbocycles. The second-order valence-corrected chi connectivity index (χ2v) is 5.06. The van der Waals surface area contributed by atoms with Gasteiger partial charge in [0, 0.05) is 11.7 Å². The molecule has 1 unspecified atom stereocenters. The van der Waals surface area contributed by atoms with Gasteiger partial charge in [-0.1, -0.05) is 24.3 Å². The quantitative estimate of drug-likeness (QED) is 0.681. The number of aromatic amines is 2. The monoisotopic (exact) mass is 267 g/mol. The number of hydrogen-bond donors (Lipinski definition) is 3. The van der Waals surface area contributed by atoms with Gasteiger partial charge in [0.1, 0.15) is 0 Å². The van der Waals surface area contributed by atoms with Crippen molar-refractivity contribution >= 4 is 16.7 Å². The molecule has 3 N–H and O–H groups in total. The molecule has 0 saturated heterocycles. The third kappa shape index (κ3) is 2.32. The average Bonchev–Trinajstić information content (AvgIpc) is 2.78. The first-order valence-corrected chi connectivity index (χ1v) is 6.67. The molecule has 0 amide bonds. The molecule has 3 rings (SSSR count). The Bertz CT molecular complexity index is 801. The molecule has 3 aromatic rings. The number of anilines is 1. The molecule has 0 radical (unpaired) electrons. The number of nitrogens with one attached hydrogen (secondary N) is 3. The average molecular weight is 267 g/mol. The topological polar surface area (TPSA) is 60.7 Å². The fourth-order valence-electron chi connectivity index (χ4n) is 2.52. The van der Waals surface area contributed by atoms with E-state index in [0.29, 0.717) is 0 Å². The zero-order chi connectivity index (χ0) is 14.1. The standard InChI is InChI=1S/C16H17N3O/c1-10-5-3-4-6-13(10)11(2)17-12-7-8-14-15(9-12)19-16(20)18-14/h3-9,11,17H,1-2H3,(H2,18,19,20). The number of benzene rings is 2. The van der Waals surface area contributed by atoms with Crippen molar-refractivity contribution in [1.82, 2.24) is 9.97 Å². The fourth-order valence-corrected chi connectivity index (χ4v) is 2.52. The van der Waals surface area contributed by atoms with Crippen molar-refractivity contribution < 1.29 is 0 Å². The minimum absolute atomic E-state index is 0.177. The summed E-state index contributed by atoms with van der Waals surface area (Å²) in [4.78, 5) is 16.8. The Kier molecular flexibility index (Phi) is 3.06. The lowest BCUT2D eigenvalue weighted by Crippen LogP contribution is -2.07. The first-order valence-electron chi connectivity index (χ1n) is 6.67. The van der Waals surface area contributed by atoms with Gasteiger partial charge in [0.25, 0.3) is 0 Å². The van der Waals surface area contributed by atoms with Gasteiger partial charge in [-0.05, 0) is 43.2 Å². The predicted octanol–water partition coefficient (Wildman–Crippen LogP) is 3.34. The number of imidazole rings is 1. The molecule has 0 aliphatic rings. The normalized spacial score (nSPS) is 12.5. The lowest BCUT2D eigenvalue weighted by atomic mass is 10.0. The number of H-pyrrole nitrogens is 2. The van der Waals surface area contributed by atoms with E-state index in [1.807, 2.05) is 30.3 Å². The molecule has 102 valence electrons. The van der Waals surface area contributed by atoms with Gasteiger partial charge in [0.2, 0.25) is 0 Å². The Morgan fingerprint density at radius 3 is 2.60 bits per heavy atom. The van der Waals surface area contributed by atoms with Crippen molar-refractivity contribution in [1.29, 1.82) is 0 Å². The summed E-state index contributed by atoms with van der Waals surface area (Å²) in [6, 6.07) is 14.4. The Balaban J connectivity index is 1.89. The van der Waals surface area contributed by atoms with Crippen LogP contribution < -0.4 is 11.0 Å². The number of aromatic nitrogens is 2. The molecule has 0 saturated carbocycles. The van der Waals surface area contributed by atoms with Crippen molar-refractivity contribution in [2.75, 3.05) is 5.32 Å². The van der Waals surface area contributed by atoms with Gasteiger partial charge in [-0.25, -0.2) is 4.79 Å². The van der Waals surface area contributed by atoms with Crippen LogP contribution in [0.1, 0.15) is 24.1 Å². The van der Waals surface area contributed by atoms with E-state index in [0.717, 1.165) is 16.7 Å². The number of rotatable bonds is 3. The highest BCUT2D eigenvalue weighted by molar-refractivity contribution is 5.78. The van der Waals surface area contributed by atoms with E-state index < -0.39 is 0 Å². The lowest BCUT2D eigenvalue weighted by molar-refractivity contribution is 0.874. The summed E-state index contributed by atoms with van der Waals surface area (Å²) in [5, 5.41) is 3.46. The van der Waals surface area contributed by atoms with Crippen LogP contribution in [-0.2, 0) is 0 Å². The maximum absolute atomic E-state index is 11.3. The minimum Gasteiger partial charge on any atom is -0.378 e. The van der Waals surface area contributed by atoms with Crippen LogP contribution in [0.2, 0.25) is 0 Å². The maximum atomic E-state index is 11.3. The van der Waals surface area contributed by atoms with Gasteiger partial charge in [0.05, 0.1) is 11.0 Å². The fraction of sp³-hybridized carbons (Fsp3) is 0.188. The minimum atomic E-state index is -0.177. The van der Waals surface area contributed by atoms with Crippen molar-refractivity contribution in [2.45, 2.75) is 19.9 Å². The molecular weight excluding hydrogens is 250 g/mol. The molecule has 0 aliphatic heterocycles. The van der Waals surface area contributed by atoms with Crippen LogP contribution in [0.25, 0.3) is 11.0 Å². The second kappa shape index (κ2) is 4.89. The Morgan fingerprint density at radius 2 is 1.80 bits per heavy atom. The summed E-state index contributed by atoms with van der Waals surface area (Å²) >= 11 is 0. The molecule has 1 aromatic heterocycles.